The zero-order valence-electron chi connectivity index (χ0n) is 16.6. The first-order chi connectivity index (χ1) is 14.4. The lowest BCUT2D eigenvalue weighted by molar-refractivity contribution is -0.155. The number of hydrogen-bond acceptors (Lipinski definition) is 3. The van der Waals surface area contributed by atoms with Crippen LogP contribution in [-0.4, -0.2) is 27.7 Å². The molecule has 1 aliphatic heterocycles. The second-order valence-electron chi connectivity index (χ2n) is 8.05. The molecule has 5 nitrogen and oxygen atoms in total. The van der Waals surface area contributed by atoms with Crippen LogP contribution in [0.2, 0.25) is 5.02 Å². The SMILES string of the molecule is C[C@@H]1CC[C@H]2C(=O)N(N(Cc3ccccc3F)C(=O)c3ccccc3Cl)C(=O)[C@H]2C1. The van der Waals surface area contributed by atoms with E-state index in [-0.39, 0.29) is 22.7 Å². The lowest BCUT2D eigenvalue weighted by Crippen LogP contribution is -2.50. The number of hydrogen-bond donors (Lipinski definition) is 0. The van der Waals surface area contributed by atoms with E-state index in [1.165, 1.54) is 18.2 Å². The number of hydrazine groups is 1. The van der Waals surface area contributed by atoms with Gasteiger partial charge < -0.3 is 0 Å². The molecule has 2 fully saturated rings. The number of carbonyl (C=O) groups excluding carboxylic acids is 3. The van der Waals surface area contributed by atoms with Gasteiger partial charge in [0.05, 0.1) is 29.0 Å². The van der Waals surface area contributed by atoms with Gasteiger partial charge in [-0.15, -0.1) is 0 Å². The monoisotopic (exact) mass is 428 g/mol. The highest BCUT2D eigenvalue weighted by molar-refractivity contribution is 6.33. The number of fused-ring (bicyclic) bond motifs is 1. The van der Waals surface area contributed by atoms with Gasteiger partial charge in [0.2, 0.25) is 0 Å². The summed E-state index contributed by atoms with van der Waals surface area (Å²) in [7, 11) is 0. The molecule has 2 aromatic carbocycles. The molecule has 3 amide bonds. The summed E-state index contributed by atoms with van der Waals surface area (Å²) in [6.07, 6.45) is 2.08. The Labute approximate surface area is 179 Å². The molecule has 0 N–H and O–H groups in total. The van der Waals surface area contributed by atoms with Crippen LogP contribution < -0.4 is 0 Å². The van der Waals surface area contributed by atoms with E-state index in [0.717, 1.165) is 16.4 Å². The fourth-order valence-corrected chi connectivity index (χ4v) is 4.62. The highest BCUT2D eigenvalue weighted by Crippen LogP contribution is 2.41. The first kappa shape index (κ1) is 20.5. The van der Waals surface area contributed by atoms with Crippen LogP contribution in [0.3, 0.4) is 0 Å². The Kier molecular flexibility index (Phi) is 5.60. The summed E-state index contributed by atoms with van der Waals surface area (Å²) in [5, 5.41) is 2.19. The summed E-state index contributed by atoms with van der Waals surface area (Å²) < 4.78 is 14.4. The van der Waals surface area contributed by atoms with Gasteiger partial charge in [-0.2, -0.15) is 5.01 Å². The van der Waals surface area contributed by atoms with Gasteiger partial charge in [0.15, 0.2) is 0 Å². The Morgan fingerprint density at radius 3 is 2.47 bits per heavy atom. The van der Waals surface area contributed by atoms with E-state index < -0.39 is 35.4 Å². The molecule has 1 heterocycles. The number of imide groups is 1. The number of benzene rings is 2. The summed E-state index contributed by atoms with van der Waals surface area (Å²) >= 11 is 6.21. The van der Waals surface area contributed by atoms with E-state index in [2.05, 4.69) is 6.92 Å². The van der Waals surface area contributed by atoms with Crippen LogP contribution in [0.15, 0.2) is 48.5 Å². The van der Waals surface area contributed by atoms with Crippen molar-refractivity contribution < 1.29 is 18.8 Å². The summed E-state index contributed by atoms with van der Waals surface area (Å²) in [6.45, 7) is 1.81. The lowest BCUT2D eigenvalue weighted by atomic mass is 9.76. The molecule has 0 aromatic heterocycles. The maximum absolute atomic E-state index is 14.4. The third-order valence-corrected chi connectivity index (χ3v) is 6.35. The fourth-order valence-electron chi connectivity index (χ4n) is 4.41. The molecule has 2 aromatic rings. The molecule has 156 valence electrons. The first-order valence-electron chi connectivity index (χ1n) is 10.1. The molecule has 0 bridgehead atoms. The number of amides is 3. The van der Waals surface area contributed by atoms with Gasteiger partial charge in [-0.25, -0.2) is 9.40 Å². The topological polar surface area (TPSA) is 57.7 Å². The number of nitrogens with zero attached hydrogens (tertiary/aromatic N) is 2. The molecule has 30 heavy (non-hydrogen) atoms. The van der Waals surface area contributed by atoms with Crippen molar-refractivity contribution in [3.63, 3.8) is 0 Å². The Balaban J connectivity index is 1.74. The van der Waals surface area contributed by atoms with E-state index in [1.54, 1.807) is 30.3 Å². The molecule has 1 saturated carbocycles. The van der Waals surface area contributed by atoms with E-state index in [9.17, 15) is 18.8 Å². The molecule has 4 rings (SSSR count). The first-order valence-corrected chi connectivity index (χ1v) is 10.4. The predicted molar refractivity (Wildman–Crippen MR) is 110 cm³/mol. The maximum Gasteiger partial charge on any atom is 0.274 e. The molecular weight excluding hydrogens is 407 g/mol. The molecule has 0 spiro atoms. The number of carbonyl (C=O) groups is 3. The number of halogens is 2. The third-order valence-electron chi connectivity index (χ3n) is 6.02. The van der Waals surface area contributed by atoms with Gasteiger partial charge in [0, 0.05) is 5.56 Å². The molecule has 1 aliphatic carbocycles. The largest absolute Gasteiger partial charge is 0.274 e. The van der Waals surface area contributed by atoms with Crippen LogP contribution in [0, 0.1) is 23.6 Å². The standard InChI is InChI=1S/C23H22ClFN2O3/c1-14-10-11-16-18(12-14)23(30)27(22(16)29)26(13-15-6-2-5-9-20(15)25)21(28)17-7-3-4-8-19(17)24/h2-9,14,16,18H,10-13H2,1H3/t14-,16-,18+/m1/s1. The second-order valence-corrected chi connectivity index (χ2v) is 8.46. The zero-order chi connectivity index (χ0) is 21.4. The van der Waals surface area contributed by atoms with Crippen molar-refractivity contribution in [2.75, 3.05) is 0 Å². The van der Waals surface area contributed by atoms with Crippen molar-refractivity contribution in [3.8, 4) is 0 Å². The molecule has 0 unspecified atom stereocenters. The molecule has 1 saturated heterocycles. The predicted octanol–water partition coefficient (Wildman–Crippen LogP) is 4.46. The molecule has 2 aliphatic rings. The van der Waals surface area contributed by atoms with Crippen LogP contribution >= 0.6 is 11.6 Å². The molecule has 3 atom stereocenters. The van der Waals surface area contributed by atoms with Crippen LogP contribution in [0.1, 0.15) is 42.1 Å². The minimum atomic E-state index is -0.614. The summed E-state index contributed by atoms with van der Waals surface area (Å²) in [5.74, 6) is -2.46. The Morgan fingerprint density at radius 1 is 1.07 bits per heavy atom. The van der Waals surface area contributed by atoms with E-state index in [0.29, 0.717) is 18.8 Å². The van der Waals surface area contributed by atoms with Gasteiger partial charge in [0.25, 0.3) is 17.7 Å². The van der Waals surface area contributed by atoms with E-state index in [1.807, 2.05) is 0 Å². The Morgan fingerprint density at radius 2 is 1.73 bits per heavy atom. The maximum atomic E-state index is 14.4. The fraction of sp³-hybridized carbons (Fsp3) is 0.348. The molecule has 0 radical (unpaired) electrons. The van der Waals surface area contributed by atoms with Gasteiger partial charge in [-0.3, -0.25) is 14.4 Å². The third kappa shape index (κ3) is 3.60. The average molecular weight is 429 g/mol. The van der Waals surface area contributed by atoms with Crippen molar-refractivity contribution in [2.24, 2.45) is 17.8 Å². The van der Waals surface area contributed by atoms with Crippen LogP contribution in [0.25, 0.3) is 0 Å². The lowest BCUT2D eigenvalue weighted by Gasteiger charge is -2.31. The summed E-state index contributed by atoms with van der Waals surface area (Å²) in [4.78, 5) is 39.8. The van der Waals surface area contributed by atoms with Crippen molar-refractivity contribution in [2.45, 2.75) is 32.7 Å². The quantitative estimate of drug-likeness (QED) is 0.675. The highest BCUT2D eigenvalue weighted by atomic mass is 35.5. The van der Waals surface area contributed by atoms with Crippen molar-refractivity contribution in [3.05, 3.63) is 70.5 Å². The number of rotatable bonds is 4. The summed E-state index contributed by atoms with van der Waals surface area (Å²) in [5.41, 5.74) is 0.362. The van der Waals surface area contributed by atoms with E-state index in [4.69, 9.17) is 11.6 Å². The zero-order valence-corrected chi connectivity index (χ0v) is 17.3. The summed E-state index contributed by atoms with van der Waals surface area (Å²) in [6, 6.07) is 12.4. The highest BCUT2D eigenvalue weighted by Gasteiger charge is 2.52. The Hall–Kier alpha value is -2.73. The van der Waals surface area contributed by atoms with Gasteiger partial charge in [-0.1, -0.05) is 48.9 Å². The van der Waals surface area contributed by atoms with Gasteiger partial charge >= 0.3 is 0 Å². The normalized spacial score (nSPS) is 23.4. The second kappa shape index (κ2) is 8.19. The molecular formula is C23H22ClFN2O3. The van der Waals surface area contributed by atoms with Crippen LogP contribution in [0.4, 0.5) is 4.39 Å². The molecule has 7 heteroatoms. The van der Waals surface area contributed by atoms with Crippen molar-refractivity contribution in [1.29, 1.82) is 0 Å². The van der Waals surface area contributed by atoms with Crippen molar-refractivity contribution >= 4 is 29.3 Å². The van der Waals surface area contributed by atoms with Crippen molar-refractivity contribution in [1.82, 2.24) is 10.0 Å². The van der Waals surface area contributed by atoms with Gasteiger partial charge in [-0.05, 0) is 43.4 Å². The average Bonchev–Trinajstić information content (AvgIpc) is 2.97. The minimum absolute atomic E-state index is 0.152. The smallest absolute Gasteiger partial charge is 0.272 e. The van der Waals surface area contributed by atoms with E-state index >= 15 is 0 Å². The minimum Gasteiger partial charge on any atom is -0.272 e. The van der Waals surface area contributed by atoms with Crippen LogP contribution in [-0.2, 0) is 16.1 Å². The van der Waals surface area contributed by atoms with Gasteiger partial charge in [0.1, 0.15) is 5.82 Å². The Bertz CT molecular complexity index is 1010. The van der Waals surface area contributed by atoms with Crippen LogP contribution in [0.5, 0.6) is 0 Å².